The number of nitrogens with zero attached hydrogens (tertiary/aromatic N) is 7. The van der Waals surface area contributed by atoms with Gasteiger partial charge in [-0.3, -0.25) is 9.97 Å². The minimum atomic E-state index is -3.28. The summed E-state index contributed by atoms with van der Waals surface area (Å²) in [6.07, 6.45) is 3.96. The second-order valence-corrected chi connectivity index (χ2v) is 28.1. The topological polar surface area (TPSA) is 69.3 Å². The molecule has 0 bridgehead atoms. The predicted molar refractivity (Wildman–Crippen MR) is 370 cm³/mol. The Labute approximate surface area is 513 Å². The first-order valence-corrected chi connectivity index (χ1v) is 32.6. The summed E-state index contributed by atoms with van der Waals surface area (Å²) in [6.45, 7) is 8.73. The summed E-state index contributed by atoms with van der Waals surface area (Å²) >= 11 is 0. The summed E-state index contributed by atoms with van der Waals surface area (Å²) in [6, 6.07) is 90.8. The van der Waals surface area contributed by atoms with Crippen LogP contribution in [0.15, 0.2) is 249 Å². The van der Waals surface area contributed by atoms with E-state index in [2.05, 4.69) is 289 Å². The van der Waals surface area contributed by atoms with Crippen molar-refractivity contribution in [2.75, 3.05) is 0 Å². The molecule has 89 heavy (non-hydrogen) atoms. The van der Waals surface area contributed by atoms with E-state index in [1.165, 1.54) is 27.1 Å². The molecule has 2 aliphatic rings. The maximum absolute atomic E-state index is 13.3. The smallest absolute Gasteiger partial charge is 0.226 e. The fourth-order valence-corrected chi connectivity index (χ4v) is 21.5. The predicted octanol–water partition coefficient (Wildman–Crippen LogP) is 17.0. The molecule has 19 rings (SSSR count). The van der Waals surface area contributed by atoms with Gasteiger partial charge in [0, 0.05) is 82.8 Å². The van der Waals surface area contributed by atoms with Crippen molar-refractivity contribution in [3.63, 3.8) is 0 Å². The van der Waals surface area contributed by atoms with Crippen LogP contribution >= 0.6 is 0 Å². The number of nitriles is 1. The van der Waals surface area contributed by atoms with Crippen LogP contribution in [0.2, 0.25) is 0 Å². The van der Waals surface area contributed by atoms with Crippen molar-refractivity contribution in [2.45, 2.75) is 27.7 Å². The Kier molecular flexibility index (Phi) is 10.1. The Morgan fingerprint density at radius 2 is 0.640 bits per heavy atom. The molecule has 7 nitrogen and oxygen atoms in total. The first kappa shape index (κ1) is 49.8. The number of fused-ring (bicyclic) bond motifs is 22. The lowest BCUT2D eigenvalue weighted by molar-refractivity contribution is 1.04. The fourth-order valence-electron chi connectivity index (χ4n) is 16.2. The molecule has 0 unspecified atom stereocenters. The summed E-state index contributed by atoms with van der Waals surface area (Å²) in [4.78, 5) is 11.0. The molecule has 0 atom stereocenters. The minimum absolute atomic E-state index is 0.534. The monoisotopic (exact) mass is 1150 g/mol. The van der Waals surface area contributed by atoms with Crippen LogP contribution in [-0.2, 0) is 0 Å². The molecule has 2 aliphatic heterocycles. The van der Waals surface area contributed by atoms with Crippen molar-refractivity contribution in [3.8, 4) is 62.2 Å². The Morgan fingerprint density at radius 3 is 1.06 bits per heavy atom. The molecular weight excluding hydrogens is 1100 g/mol. The van der Waals surface area contributed by atoms with E-state index in [0.717, 1.165) is 160 Å². The first-order chi connectivity index (χ1) is 43.8. The number of aromatic nitrogens is 6. The van der Waals surface area contributed by atoms with Crippen LogP contribution in [-0.4, -0.2) is 36.3 Å². The third-order valence-electron chi connectivity index (χ3n) is 19.7. The van der Waals surface area contributed by atoms with E-state index >= 15 is 0 Å². The maximum atomic E-state index is 13.3. The van der Waals surface area contributed by atoms with E-state index in [1.807, 2.05) is 12.4 Å². The highest BCUT2D eigenvalue weighted by Gasteiger charge is 2.57. The normalized spacial score (nSPS) is 13.0. The van der Waals surface area contributed by atoms with E-state index in [4.69, 9.17) is 9.97 Å². The molecule has 0 aliphatic carbocycles. The third-order valence-corrected chi connectivity index (χ3v) is 24.4. The Balaban J connectivity index is 1.16. The van der Waals surface area contributed by atoms with Crippen molar-refractivity contribution in [1.82, 2.24) is 28.2 Å². The molecule has 0 amide bonds. The maximum Gasteiger partial charge on any atom is 0.226 e. The van der Waals surface area contributed by atoms with Gasteiger partial charge in [-0.2, -0.15) is 5.26 Å². The second kappa shape index (κ2) is 18.1. The van der Waals surface area contributed by atoms with Gasteiger partial charge in [0.2, 0.25) is 8.07 Å². The van der Waals surface area contributed by atoms with Crippen LogP contribution in [0.4, 0.5) is 0 Å². The molecule has 6 aromatic heterocycles. The Hall–Kier alpha value is -11.4. The number of pyridine rings is 2. The van der Waals surface area contributed by atoms with Crippen LogP contribution in [0.3, 0.4) is 0 Å². The summed E-state index contributed by atoms with van der Waals surface area (Å²) < 4.78 is 9.95. The van der Waals surface area contributed by atoms with Gasteiger partial charge in [-0.05, 0) is 140 Å². The first-order valence-electron chi connectivity index (χ1n) is 30.6. The van der Waals surface area contributed by atoms with Gasteiger partial charge in [0.15, 0.2) is 0 Å². The lowest BCUT2D eigenvalue weighted by Crippen LogP contribution is -2.72. The zero-order valence-electron chi connectivity index (χ0n) is 49.3. The number of rotatable bonds is 5. The van der Waals surface area contributed by atoms with E-state index in [1.54, 1.807) is 0 Å². The van der Waals surface area contributed by atoms with Gasteiger partial charge in [0.25, 0.3) is 0 Å². The fraction of sp³-hybridized carbons (Fsp3) is 0.0494. The molecule has 8 heterocycles. The zero-order valence-corrected chi connectivity index (χ0v) is 50.3. The standard InChI is InChI=1S/C81H53N7Si/c1-47-32-36-68-59(42-47)51-18-5-10-26-64(51)85(68)76-63(46-82)77(86-65-27-11-6-19-52(65)60-43-48(2)33-37-69(60)86)79(88-67-29-13-8-21-54(67)62-45-50(4)35-39-71(62)88)75(78(76)87-66-28-12-7-20-53(66)61-44-49(3)34-38-70(61)87)58-23-15-31-73-74(58)57-22-9-14-30-72(57)89(73)80-55(24-16-40-83-80)56-25-17-41-84-81(56)89/h5-45H,1-4H3. The van der Waals surface area contributed by atoms with Crippen molar-refractivity contribution in [2.24, 2.45) is 0 Å². The third kappa shape index (κ3) is 6.43. The number of aryl methyl sites for hydroxylation is 4. The lowest BCUT2D eigenvalue weighted by Gasteiger charge is -2.30. The number of para-hydroxylation sites is 4. The minimum Gasteiger partial charge on any atom is -0.306 e. The van der Waals surface area contributed by atoms with Crippen LogP contribution in [0.5, 0.6) is 0 Å². The van der Waals surface area contributed by atoms with Crippen LogP contribution in [0, 0.1) is 39.0 Å². The Bertz CT molecular complexity index is 5770. The highest BCUT2D eigenvalue weighted by atomic mass is 28.3. The quantitative estimate of drug-likeness (QED) is 0.161. The van der Waals surface area contributed by atoms with Crippen molar-refractivity contribution in [3.05, 3.63) is 277 Å². The summed E-state index contributed by atoms with van der Waals surface area (Å²) in [5.41, 5.74) is 23.3. The molecule has 0 fully saturated rings. The van der Waals surface area contributed by atoms with Gasteiger partial charge in [0.05, 0.1) is 66.9 Å². The van der Waals surface area contributed by atoms with Gasteiger partial charge in [-0.15, -0.1) is 0 Å². The van der Waals surface area contributed by atoms with Crippen LogP contribution in [0.25, 0.3) is 143 Å². The van der Waals surface area contributed by atoms with Gasteiger partial charge >= 0.3 is 0 Å². The molecule has 0 radical (unpaired) electrons. The highest BCUT2D eigenvalue weighted by Crippen LogP contribution is 2.54. The molecule has 0 saturated carbocycles. The van der Waals surface area contributed by atoms with E-state index < -0.39 is 8.07 Å². The largest absolute Gasteiger partial charge is 0.306 e. The lowest BCUT2D eigenvalue weighted by atomic mass is 9.88. The van der Waals surface area contributed by atoms with E-state index in [9.17, 15) is 5.26 Å². The van der Waals surface area contributed by atoms with Crippen LogP contribution in [0.1, 0.15) is 27.8 Å². The average Bonchev–Trinajstić information content (AvgIpc) is 1.55. The van der Waals surface area contributed by atoms with E-state index in [-0.39, 0.29) is 0 Å². The molecule has 0 N–H and O–H groups in total. The van der Waals surface area contributed by atoms with Gasteiger partial charge in [-0.1, -0.05) is 174 Å². The van der Waals surface area contributed by atoms with Crippen LogP contribution < -0.4 is 21.0 Å². The van der Waals surface area contributed by atoms with Crippen molar-refractivity contribution in [1.29, 1.82) is 5.26 Å². The van der Waals surface area contributed by atoms with Gasteiger partial charge in [0.1, 0.15) is 11.6 Å². The van der Waals surface area contributed by atoms with E-state index in [0.29, 0.717) is 5.56 Å². The molecule has 0 saturated heterocycles. The van der Waals surface area contributed by atoms with Gasteiger partial charge in [-0.25, -0.2) is 0 Å². The number of hydrogen-bond donors (Lipinski definition) is 0. The molecule has 416 valence electrons. The highest BCUT2D eigenvalue weighted by molar-refractivity contribution is 7.23. The zero-order chi connectivity index (χ0) is 59.1. The number of benzene rings is 11. The SMILES string of the molecule is Cc1ccc2c(c1)c1ccccc1n2-c1c(C#N)c(-n2c3ccccc3c3cc(C)ccc32)c(-n2c3ccccc3c3cc(C)ccc32)c(-c2cccc3c2-c2ccccc2[Si]32c3ncccc3-c3cccnc32)c1-n1c2ccccc2c2cc(C)ccc21. The van der Waals surface area contributed by atoms with Gasteiger partial charge < -0.3 is 18.3 Å². The molecule has 1 spiro atoms. The molecule has 17 aromatic rings. The molecule has 8 heteroatoms. The van der Waals surface area contributed by atoms with Crippen molar-refractivity contribution < 1.29 is 0 Å². The summed E-state index contributed by atoms with van der Waals surface area (Å²) in [5, 5.41) is 27.0. The summed E-state index contributed by atoms with van der Waals surface area (Å²) in [7, 11) is -3.28. The molecular formula is C81H53N7Si. The molecule has 11 aromatic carbocycles. The summed E-state index contributed by atoms with van der Waals surface area (Å²) in [5.74, 6) is 0. The average molecular weight is 1150 g/mol. The Morgan fingerprint density at radius 1 is 0.303 bits per heavy atom. The second-order valence-electron chi connectivity index (χ2n) is 24.6. The van der Waals surface area contributed by atoms with Crippen molar-refractivity contribution >= 4 is 116 Å². The number of hydrogen-bond acceptors (Lipinski definition) is 3.